The second-order valence-electron chi connectivity index (χ2n) is 4.57. The van der Waals surface area contributed by atoms with Gasteiger partial charge in [0.25, 0.3) is 0 Å². The Kier molecular flexibility index (Phi) is 5.64. The Morgan fingerprint density at radius 3 is 2.74 bits per heavy atom. The maximum atomic E-state index is 12.5. The summed E-state index contributed by atoms with van der Waals surface area (Å²) >= 11 is 0. The normalized spacial score (nSPS) is 11.6. The predicted octanol–water partition coefficient (Wildman–Crippen LogP) is 0.293. The van der Waals surface area contributed by atoms with E-state index in [-0.39, 0.29) is 23.8 Å². The smallest absolute Gasteiger partial charge is 0.244 e. The molecular weight excluding hydrogens is 322 g/mol. The van der Waals surface area contributed by atoms with Crippen LogP contribution in [0.3, 0.4) is 0 Å². The molecule has 9 nitrogen and oxygen atoms in total. The summed E-state index contributed by atoms with van der Waals surface area (Å²) in [6.45, 7) is 2.91. The molecule has 0 saturated carbocycles. The molecule has 0 aliphatic carbocycles. The summed E-state index contributed by atoms with van der Waals surface area (Å²) in [6, 6.07) is 4.78. The topological polar surface area (TPSA) is 108 Å². The van der Waals surface area contributed by atoms with Gasteiger partial charge < -0.3 is 9.47 Å². The quantitative estimate of drug-likeness (QED) is 0.688. The predicted molar refractivity (Wildman–Crippen MR) is 82.5 cm³/mol. The van der Waals surface area contributed by atoms with E-state index in [9.17, 15) is 8.42 Å². The Bertz CT molecular complexity index is 759. The number of rotatable bonds is 8. The van der Waals surface area contributed by atoms with Gasteiger partial charge >= 0.3 is 0 Å². The number of hydrogen-bond donors (Lipinski definition) is 1. The summed E-state index contributed by atoms with van der Waals surface area (Å²) in [7, 11) is -0.825. The van der Waals surface area contributed by atoms with Gasteiger partial charge in [0.15, 0.2) is 5.82 Å². The number of aryl methyl sites for hydroxylation is 1. The number of tetrazole rings is 1. The van der Waals surface area contributed by atoms with Crippen LogP contribution in [0.2, 0.25) is 0 Å². The largest absolute Gasteiger partial charge is 0.495 e. The third-order valence-electron chi connectivity index (χ3n) is 3.14. The first kappa shape index (κ1) is 17.3. The maximum Gasteiger partial charge on any atom is 0.244 e. The molecule has 1 aromatic heterocycles. The zero-order valence-electron chi connectivity index (χ0n) is 13.2. The lowest BCUT2D eigenvalue weighted by Gasteiger charge is -2.12. The molecule has 10 heteroatoms. The number of ether oxygens (including phenoxy) is 2. The Balaban J connectivity index is 2.44. The minimum absolute atomic E-state index is 0.0271. The van der Waals surface area contributed by atoms with Crippen LogP contribution in [0.15, 0.2) is 23.1 Å². The minimum atomic E-state index is -3.74. The molecule has 0 saturated heterocycles. The van der Waals surface area contributed by atoms with Gasteiger partial charge in [-0.3, -0.25) is 0 Å². The van der Waals surface area contributed by atoms with Gasteiger partial charge in [-0.2, -0.15) is 0 Å². The number of nitrogens with zero attached hydrogens (tertiary/aromatic N) is 4. The van der Waals surface area contributed by atoms with Crippen molar-refractivity contribution in [3.63, 3.8) is 0 Å². The summed E-state index contributed by atoms with van der Waals surface area (Å²) in [5.41, 5.74) is 0.588. The molecule has 2 aromatic rings. The molecule has 0 fully saturated rings. The fraction of sp³-hybridized carbons (Fsp3) is 0.462. The van der Waals surface area contributed by atoms with Crippen molar-refractivity contribution in [2.75, 3.05) is 27.4 Å². The van der Waals surface area contributed by atoms with Crippen LogP contribution >= 0.6 is 0 Å². The van der Waals surface area contributed by atoms with Gasteiger partial charge in [-0.15, -0.1) is 5.10 Å². The van der Waals surface area contributed by atoms with Gasteiger partial charge in [-0.25, -0.2) is 17.8 Å². The molecule has 1 heterocycles. The van der Waals surface area contributed by atoms with E-state index in [1.54, 1.807) is 16.8 Å². The van der Waals surface area contributed by atoms with E-state index in [2.05, 4.69) is 20.2 Å². The highest BCUT2D eigenvalue weighted by molar-refractivity contribution is 7.89. The molecule has 0 aliphatic rings. The van der Waals surface area contributed by atoms with Gasteiger partial charge in [-0.1, -0.05) is 0 Å². The fourth-order valence-electron chi connectivity index (χ4n) is 2.01. The van der Waals surface area contributed by atoms with E-state index in [1.807, 2.05) is 6.92 Å². The molecule has 126 valence electrons. The second kappa shape index (κ2) is 7.49. The van der Waals surface area contributed by atoms with Crippen LogP contribution in [0, 0.1) is 0 Å². The van der Waals surface area contributed by atoms with Crippen LogP contribution in [0.5, 0.6) is 5.75 Å². The van der Waals surface area contributed by atoms with E-state index in [0.717, 1.165) is 0 Å². The van der Waals surface area contributed by atoms with Gasteiger partial charge in [-0.05, 0) is 35.5 Å². The Hall–Kier alpha value is -2.04. The standard InChI is InChI=1S/C13H19N5O4S/c1-4-18-13(15-16-17-18)10-5-6-11(22-3)12(9-10)23(19,20)14-7-8-21-2/h5-6,9,14H,4,7-8H2,1-3H3. The zero-order valence-corrected chi connectivity index (χ0v) is 14.0. The van der Waals surface area contributed by atoms with Gasteiger partial charge in [0.05, 0.1) is 13.7 Å². The first-order chi connectivity index (χ1) is 11.0. The van der Waals surface area contributed by atoms with Crippen molar-refractivity contribution in [3.8, 4) is 17.1 Å². The molecule has 0 atom stereocenters. The Labute approximate surface area is 134 Å². The summed E-state index contributed by atoms with van der Waals surface area (Å²) in [6.07, 6.45) is 0. The molecule has 1 aromatic carbocycles. The first-order valence-corrected chi connectivity index (χ1v) is 8.45. The van der Waals surface area contributed by atoms with Crippen molar-refractivity contribution in [3.05, 3.63) is 18.2 Å². The van der Waals surface area contributed by atoms with Gasteiger partial charge in [0, 0.05) is 25.8 Å². The number of sulfonamides is 1. The van der Waals surface area contributed by atoms with E-state index in [4.69, 9.17) is 9.47 Å². The van der Waals surface area contributed by atoms with Gasteiger partial charge in [0.1, 0.15) is 10.6 Å². The molecular formula is C13H19N5O4S. The maximum absolute atomic E-state index is 12.5. The van der Waals surface area contributed by atoms with Crippen molar-refractivity contribution < 1.29 is 17.9 Å². The Morgan fingerprint density at radius 1 is 1.30 bits per heavy atom. The monoisotopic (exact) mass is 341 g/mol. The lowest BCUT2D eigenvalue weighted by Crippen LogP contribution is -2.27. The molecule has 1 N–H and O–H groups in total. The van der Waals surface area contributed by atoms with Crippen molar-refractivity contribution in [2.24, 2.45) is 0 Å². The molecule has 0 spiro atoms. The highest BCUT2D eigenvalue weighted by atomic mass is 32.2. The number of aromatic nitrogens is 4. The van der Waals surface area contributed by atoms with Crippen LogP contribution in [0.25, 0.3) is 11.4 Å². The van der Waals surface area contributed by atoms with Crippen molar-refractivity contribution in [1.82, 2.24) is 24.9 Å². The second-order valence-corrected chi connectivity index (χ2v) is 6.31. The molecule has 0 radical (unpaired) electrons. The molecule has 0 aliphatic heterocycles. The van der Waals surface area contributed by atoms with Crippen molar-refractivity contribution >= 4 is 10.0 Å². The summed E-state index contributed by atoms with van der Waals surface area (Å²) in [5.74, 6) is 0.734. The average Bonchev–Trinajstić information content (AvgIpc) is 3.03. The molecule has 0 unspecified atom stereocenters. The molecule has 2 rings (SSSR count). The number of hydrogen-bond acceptors (Lipinski definition) is 7. The lowest BCUT2D eigenvalue weighted by molar-refractivity contribution is 0.204. The van der Waals surface area contributed by atoms with Crippen LogP contribution in [0.1, 0.15) is 6.92 Å². The highest BCUT2D eigenvalue weighted by Gasteiger charge is 2.21. The van der Waals surface area contributed by atoms with E-state index < -0.39 is 10.0 Å². The minimum Gasteiger partial charge on any atom is -0.495 e. The van der Waals surface area contributed by atoms with Crippen LogP contribution in [-0.2, 0) is 21.3 Å². The third kappa shape index (κ3) is 3.84. The van der Waals surface area contributed by atoms with Gasteiger partial charge in [0.2, 0.25) is 10.0 Å². The molecule has 0 bridgehead atoms. The van der Waals surface area contributed by atoms with Crippen LogP contribution in [-0.4, -0.2) is 56.0 Å². The lowest BCUT2D eigenvalue weighted by atomic mass is 10.2. The first-order valence-electron chi connectivity index (χ1n) is 6.96. The van der Waals surface area contributed by atoms with E-state index in [0.29, 0.717) is 17.9 Å². The summed E-state index contributed by atoms with van der Waals surface area (Å²) in [5, 5.41) is 11.4. The van der Waals surface area contributed by atoms with Crippen LogP contribution < -0.4 is 9.46 Å². The van der Waals surface area contributed by atoms with Crippen molar-refractivity contribution in [1.29, 1.82) is 0 Å². The number of methoxy groups -OCH3 is 2. The Morgan fingerprint density at radius 2 is 2.09 bits per heavy atom. The van der Waals surface area contributed by atoms with Crippen LogP contribution in [0.4, 0.5) is 0 Å². The zero-order chi connectivity index (χ0) is 16.9. The third-order valence-corrected chi connectivity index (χ3v) is 4.62. The SMILES string of the molecule is CCn1nnnc1-c1ccc(OC)c(S(=O)(=O)NCCOC)c1. The van der Waals surface area contributed by atoms with E-state index >= 15 is 0 Å². The van der Waals surface area contributed by atoms with Crippen molar-refractivity contribution in [2.45, 2.75) is 18.4 Å². The number of nitrogens with one attached hydrogen (secondary N) is 1. The average molecular weight is 341 g/mol. The van der Waals surface area contributed by atoms with E-state index in [1.165, 1.54) is 20.3 Å². The fourth-order valence-corrected chi connectivity index (χ4v) is 3.21. The number of benzene rings is 1. The summed E-state index contributed by atoms with van der Waals surface area (Å²) < 4.78 is 39.0. The summed E-state index contributed by atoms with van der Waals surface area (Å²) in [4.78, 5) is 0.0271. The molecule has 0 amide bonds. The highest BCUT2D eigenvalue weighted by Crippen LogP contribution is 2.28. The molecule has 23 heavy (non-hydrogen) atoms.